The number of hydrogen-bond donors (Lipinski definition) is 2. The summed E-state index contributed by atoms with van der Waals surface area (Å²) < 4.78 is 53.4. The van der Waals surface area contributed by atoms with Gasteiger partial charge in [-0.25, -0.2) is 17.2 Å². The second-order valence-electron chi connectivity index (χ2n) is 6.90. The number of amides is 1. The number of nitrogens with one attached hydrogen (secondary N) is 2. The molecule has 0 unspecified atom stereocenters. The quantitative estimate of drug-likeness (QED) is 0.745. The molecule has 6 nitrogen and oxygen atoms in total. The highest BCUT2D eigenvalue weighted by atomic mass is 32.2. The number of benzene rings is 2. The van der Waals surface area contributed by atoms with E-state index in [9.17, 15) is 22.0 Å². The average Bonchev–Trinajstić information content (AvgIpc) is 2.96. The highest BCUT2D eigenvalue weighted by molar-refractivity contribution is 7.89. The zero-order valence-electron chi connectivity index (χ0n) is 15.8. The molecule has 3 rings (SSSR count). The third-order valence-corrected chi connectivity index (χ3v) is 6.57. The maximum atomic E-state index is 13.2. The van der Waals surface area contributed by atoms with Crippen LogP contribution in [0.4, 0.5) is 20.2 Å². The number of anilines is 2. The highest BCUT2D eigenvalue weighted by Crippen LogP contribution is 2.22. The molecular formula is C20H23F2N3O3S. The van der Waals surface area contributed by atoms with Crippen LogP contribution in [0, 0.1) is 11.6 Å². The second-order valence-corrected chi connectivity index (χ2v) is 8.84. The summed E-state index contributed by atoms with van der Waals surface area (Å²) in [6.07, 6.45) is 3.81. The van der Waals surface area contributed by atoms with E-state index < -0.39 is 27.6 Å². The van der Waals surface area contributed by atoms with Crippen molar-refractivity contribution in [3.63, 3.8) is 0 Å². The lowest BCUT2D eigenvalue weighted by Crippen LogP contribution is -2.31. The molecule has 9 heteroatoms. The summed E-state index contributed by atoms with van der Waals surface area (Å²) in [6.45, 7) is 0.919. The molecule has 1 fully saturated rings. The number of hydrogen-bond acceptors (Lipinski definition) is 4. The van der Waals surface area contributed by atoms with Crippen LogP contribution in [0.15, 0.2) is 47.4 Å². The molecule has 1 heterocycles. The summed E-state index contributed by atoms with van der Waals surface area (Å²) in [5, 5.41) is 5.25. The van der Waals surface area contributed by atoms with Gasteiger partial charge in [-0.2, -0.15) is 4.31 Å². The molecule has 0 spiro atoms. The average molecular weight is 423 g/mol. The summed E-state index contributed by atoms with van der Waals surface area (Å²) >= 11 is 0. The molecule has 29 heavy (non-hydrogen) atoms. The van der Waals surface area contributed by atoms with Crippen molar-refractivity contribution in [3.05, 3.63) is 54.1 Å². The first-order valence-corrected chi connectivity index (χ1v) is 10.9. The van der Waals surface area contributed by atoms with E-state index in [1.165, 1.54) is 16.4 Å². The first-order valence-electron chi connectivity index (χ1n) is 9.45. The molecule has 2 N–H and O–H groups in total. The first-order chi connectivity index (χ1) is 13.8. The van der Waals surface area contributed by atoms with Crippen molar-refractivity contribution in [1.82, 2.24) is 4.31 Å². The fourth-order valence-electron chi connectivity index (χ4n) is 3.19. The number of sulfonamides is 1. The van der Waals surface area contributed by atoms with Crippen LogP contribution in [0.2, 0.25) is 0 Å². The van der Waals surface area contributed by atoms with E-state index in [4.69, 9.17) is 0 Å². The number of carbonyl (C=O) groups is 1. The van der Waals surface area contributed by atoms with Gasteiger partial charge in [0.05, 0.1) is 11.4 Å². The number of carbonyl (C=O) groups excluding carboxylic acids is 1. The van der Waals surface area contributed by atoms with Gasteiger partial charge in [-0.3, -0.25) is 4.79 Å². The van der Waals surface area contributed by atoms with Gasteiger partial charge in [-0.15, -0.1) is 0 Å². The Morgan fingerprint density at radius 3 is 2.07 bits per heavy atom. The van der Waals surface area contributed by atoms with Crippen LogP contribution in [-0.2, 0) is 14.8 Å². The summed E-state index contributed by atoms with van der Waals surface area (Å²) in [5.74, 6) is -2.06. The van der Waals surface area contributed by atoms with Crippen LogP contribution >= 0.6 is 0 Å². The first kappa shape index (κ1) is 21.2. The molecule has 156 valence electrons. The lowest BCUT2D eigenvalue weighted by molar-refractivity contribution is -0.114. The Hall–Kier alpha value is -2.52. The molecule has 0 saturated carbocycles. The van der Waals surface area contributed by atoms with Gasteiger partial charge >= 0.3 is 0 Å². The third-order valence-electron chi connectivity index (χ3n) is 4.66. The standard InChI is InChI=1S/C20H23F2N3O3S/c21-15-11-16(22)13-18(12-15)24-20(26)14-23-17-5-7-19(8-6-17)29(27,28)25-9-3-1-2-4-10-25/h5-8,11-13,23H,1-4,9-10,14H2,(H,24,26). The highest BCUT2D eigenvalue weighted by Gasteiger charge is 2.24. The van der Waals surface area contributed by atoms with Crippen LogP contribution in [0.3, 0.4) is 0 Å². The van der Waals surface area contributed by atoms with Crippen molar-refractivity contribution < 1.29 is 22.0 Å². The van der Waals surface area contributed by atoms with Gasteiger partial charge in [0, 0.05) is 30.5 Å². The number of halogens is 2. The molecule has 1 amide bonds. The Kier molecular flexibility index (Phi) is 6.81. The van der Waals surface area contributed by atoms with Crippen LogP contribution in [0.1, 0.15) is 25.7 Å². The Morgan fingerprint density at radius 2 is 1.48 bits per heavy atom. The molecule has 0 aromatic heterocycles. The Balaban J connectivity index is 1.58. The largest absolute Gasteiger partial charge is 0.376 e. The minimum Gasteiger partial charge on any atom is -0.376 e. The molecule has 1 aliphatic heterocycles. The van der Waals surface area contributed by atoms with Gasteiger partial charge in [0.15, 0.2) is 0 Å². The lowest BCUT2D eigenvalue weighted by Gasteiger charge is -2.20. The molecule has 2 aromatic carbocycles. The van der Waals surface area contributed by atoms with E-state index in [2.05, 4.69) is 10.6 Å². The minimum absolute atomic E-state index is 0.0215. The monoisotopic (exact) mass is 423 g/mol. The number of nitrogens with zero attached hydrogens (tertiary/aromatic N) is 1. The van der Waals surface area contributed by atoms with Crippen LogP contribution < -0.4 is 10.6 Å². The molecule has 2 aromatic rings. The fourth-order valence-corrected chi connectivity index (χ4v) is 4.71. The van der Waals surface area contributed by atoms with E-state index in [-0.39, 0.29) is 17.1 Å². The summed E-state index contributed by atoms with van der Waals surface area (Å²) in [6, 6.07) is 8.92. The molecule has 1 saturated heterocycles. The Bertz CT molecular complexity index is 937. The second kappa shape index (κ2) is 9.32. The Labute approximate surface area is 169 Å². The zero-order valence-corrected chi connectivity index (χ0v) is 16.6. The normalized spacial score (nSPS) is 15.5. The minimum atomic E-state index is -3.53. The van der Waals surface area contributed by atoms with Crippen molar-refractivity contribution in [2.75, 3.05) is 30.3 Å². The third kappa shape index (κ3) is 5.74. The molecule has 0 bridgehead atoms. The van der Waals surface area contributed by atoms with Crippen LogP contribution in [0.5, 0.6) is 0 Å². The van der Waals surface area contributed by atoms with E-state index in [1.54, 1.807) is 12.1 Å². The summed E-state index contributed by atoms with van der Waals surface area (Å²) in [5.41, 5.74) is 0.577. The van der Waals surface area contributed by atoms with Crippen molar-refractivity contribution in [2.45, 2.75) is 30.6 Å². The molecule has 1 aliphatic rings. The zero-order chi connectivity index (χ0) is 20.9. The smallest absolute Gasteiger partial charge is 0.243 e. The predicted molar refractivity (Wildman–Crippen MR) is 107 cm³/mol. The molecule has 0 atom stereocenters. The van der Waals surface area contributed by atoms with Crippen LogP contribution in [0.25, 0.3) is 0 Å². The summed E-state index contributed by atoms with van der Waals surface area (Å²) in [4.78, 5) is 12.2. The van der Waals surface area contributed by atoms with Gasteiger partial charge in [0.1, 0.15) is 11.6 Å². The maximum Gasteiger partial charge on any atom is 0.243 e. The topological polar surface area (TPSA) is 78.5 Å². The van der Waals surface area contributed by atoms with Crippen molar-refractivity contribution in [3.8, 4) is 0 Å². The summed E-state index contributed by atoms with van der Waals surface area (Å²) in [7, 11) is -3.53. The van der Waals surface area contributed by atoms with Gasteiger partial charge in [-0.1, -0.05) is 12.8 Å². The fraction of sp³-hybridized carbons (Fsp3) is 0.350. The van der Waals surface area contributed by atoms with Gasteiger partial charge in [0.25, 0.3) is 0 Å². The molecule has 0 radical (unpaired) electrons. The van der Waals surface area contributed by atoms with E-state index >= 15 is 0 Å². The maximum absolute atomic E-state index is 13.2. The van der Waals surface area contributed by atoms with E-state index in [0.717, 1.165) is 43.9 Å². The van der Waals surface area contributed by atoms with E-state index in [1.807, 2.05) is 0 Å². The van der Waals surface area contributed by atoms with Crippen molar-refractivity contribution >= 4 is 27.3 Å². The van der Waals surface area contributed by atoms with Gasteiger partial charge in [0.2, 0.25) is 15.9 Å². The van der Waals surface area contributed by atoms with Gasteiger partial charge < -0.3 is 10.6 Å². The van der Waals surface area contributed by atoms with Crippen LogP contribution in [-0.4, -0.2) is 38.3 Å². The van der Waals surface area contributed by atoms with Crippen molar-refractivity contribution in [2.24, 2.45) is 0 Å². The van der Waals surface area contributed by atoms with Gasteiger partial charge in [-0.05, 0) is 49.2 Å². The lowest BCUT2D eigenvalue weighted by atomic mass is 10.2. The molecular weight excluding hydrogens is 400 g/mol. The molecule has 0 aliphatic carbocycles. The van der Waals surface area contributed by atoms with E-state index in [0.29, 0.717) is 18.8 Å². The predicted octanol–water partition coefficient (Wildman–Crippen LogP) is 3.58. The number of rotatable bonds is 6. The van der Waals surface area contributed by atoms with Crippen molar-refractivity contribution in [1.29, 1.82) is 0 Å². The Morgan fingerprint density at radius 1 is 0.897 bits per heavy atom. The SMILES string of the molecule is O=C(CNc1ccc(S(=O)(=O)N2CCCCCC2)cc1)Nc1cc(F)cc(F)c1.